The lowest BCUT2D eigenvalue weighted by atomic mass is 9.95. The minimum absolute atomic E-state index is 0.0112. The molecule has 1 aliphatic heterocycles. The molecule has 38 heavy (non-hydrogen) atoms. The maximum Gasteiger partial charge on any atom is 0.322 e. The van der Waals surface area contributed by atoms with Crippen molar-refractivity contribution in [2.24, 2.45) is 13.0 Å². The van der Waals surface area contributed by atoms with Crippen LogP contribution in [0.1, 0.15) is 25.1 Å². The van der Waals surface area contributed by atoms with Crippen LogP contribution in [0.5, 0.6) is 11.8 Å². The lowest BCUT2D eigenvalue weighted by Crippen LogP contribution is -2.17. The minimum Gasteiger partial charge on any atom is -0.424 e. The second-order valence-corrected chi connectivity index (χ2v) is 9.68. The van der Waals surface area contributed by atoms with Crippen molar-refractivity contribution >= 4 is 28.4 Å². The van der Waals surface area contributed by atoms with Crippen molar-refractivity contribution in [1.82, 2.24) is 24.5 Å². The average molecular weight is 506 g/mol. The van der Waals surface area contributed by atoms with E-state index in [1.807, 2.05) is 70.3 Å². The summed E-state index contributed by atoms with van der Waals surface area (Å²) in [5.74, 6) is 1.34. The fourth-order valence-corrected chi connectivity index (χ4v) is 4.77. The first-order valence-corrected chi connectivity index (χ1v) is 12.5. The van der Waals surface area contributed by atoms with E-state index in [0.29, 0.717) is 18.3 Å². The Morgan fingerprint density at radius 3 is 2.66 bits per heavy atom. The van der Waals surface area contributed by atoms with Gasteiger partial charge >= 0.3 is 6.01 Å². The first-order valence-electron chi connectivity index (χ1n) is 12.5. The van der Waals surface area contributed by atoms with E-state index in [1.165, 1.54) is 0 Å². The standard InChI is InChI=1S/C29H27N7O2/c1-16(2)28(37)35-20-7-5-18(6-8-20)25-23-22-10-9-21(38-29-30-12-11-17(3)34-29)13-19(22)14-31-26-24(23)27(36(25)4)33-15-32-26/h5-13,15-16H,14H2,1-4H3,(H,35,37)(H,31,32,33). The van der Waals surface area contributed by atoms with Crippen molar-refractivity contribution in [1.29, 1.82) is 0 Å². The largest absolute Gasteiger partial charge is 0.424 e. The fourth-order valence-electron chi connectivity index (χ4n) is 4.77. The normalized spacial score (nSPS) is 12.1. The van der Waals surface area contributed by atoms with E-state index in [0.717, 1.165) is 56.2 Å². The highest BCUT2D eigenvalue weighted by Gasteiger charge is 2.26. The van der Waals surface area contributed by atoms with Gasteiger partial charge in [-0.25, -0.2) is 19.9 Å². The number of carbonyl (C=O) groups excluding carboxylic acids is 1. The molecule has 5 aromatic rings. The quantitative estimate of drug-likeness (QED) is 0.315. The number of anilines is 2. The third-order valence-corrected chi connectivity index (χ3v) is 6.69. The van der Waals surface area contributed by atoms with Crippen LogP contribution in [0.4, 0.5) is 11.5 Å². The molecule has 9 heteroatoms. The molecule has 6 rings (SSSR count). The predicted octanol–water partition coefficient (Wildman–Crippen LogP) is 5.71. The van der Waals surface area contributed by atoms with E-state index in [2.05, 4.69) is 41.2 Å². The van der Waals surface area contributed by atoms with E-state index in [4.69, 9.17) is 4.74 Å². The monoisotopic (exact) mass is 505 g/mol. The van der Waals surface area contributed by atoms with Crippen LogP contribution in [0.15, 0.2) is 61.1 Å². The molecule has 2 aromatic carbocycles. The number of ether oxygens (including phenoxy) is 1. The average Bonchev–Trinajstić information content (AvgIpc) is 3.10. The second-order valence-electron chi connectivity index (χ2n) is 9.68. The summed E-state index contributed by atoms with van der Waals surface area (Å²) in [7, 11) is 2.01. The Kier molecular flexibility index (Phi) is 5.75. The third kappa shape index (κ3) is 4.11. The Hall–Kier alpha value is -4.79. The summed E-state index contributed by atoms with van der Waals surface area (Å²) in [5, 5.41) is 7.41. The number of hydrogen-bond donors (Lipinski definition) is 2. The molecular formula is C29H27N7O2. The van der Waals surface area contributed by atoms with Gasteiger partial charge in [0.15, 0.2) is 0 Å². The first-order chi connectivity index (χ1) is 18.4. The van der Waals surface area contributed by atoms with Gasteiger partial charge in [-0.1, -0.05) is 32.0 Å². The summed E-state index contributed by atoms with van der Waals surface area (Å²) < 4.78 is 8.08. The SMILES string of the molecule is Cc1ccnc(Oc2ccc3c(c2)CNc2ncnc4c2c-3c(-c2ccc(NC(=O)C(C)C)cc2)n4C)n1. The Morgan fingerprint density at radius 1 is 1.08 bits per heavy atom. The number of rotatable bonds is 5. The van der Waals surface area contributed by atoms with Crippen molar-refractivity contribution in [2.75, 3.05) is 10.6 Å². The van der Waals surface area contributed by atoms with Gasteiger partial charge in [-0.05, 0) is 53.9 Å². The van der Waals surface area contributed by atoms with Gasteiger partial charge in [0.25, 0.3) is 0 Å². The highest BCUT2D eigenvalue weighted by Crippen LogP contribution is 2.46. The number of nitrogens with one attached hydrogen (secondary N) is 2. The molecule has 0 fully saturated rings. The predicted molar refractivity (Wildman–Crippen MR) is 147 cm³/mol. The third-order valence-electron chi connectivity index (χ3n) is 6.69. The second kappa shape index (κ2) is 9.26. The lowest BCUT2D eigenvalue weighted by Gasteiger charge is -2.14. The molecule has 0 saturated heterocycles. The van der Waals surface area contributed by atoms with E-state index in [1.54, 1.807) is 12.5 Å². The molecule has 0 saturated carbocycles. The molecule has 0 radical (unpaired) electrons. The molecule has 190 valence electrons. The zero-order chi connectivity index (χ0) is 26.4. The lowest BCUT2D eigenvalue weighted by molar-refractivity contribution is -0.118. The van der Waals surface area contributed by atoms with Crippen molar-refractivity contribution in [3.8, 4) is 34.1 Å². The van der Waals surface area contributed by atoms with Gasteiger partial charge in [0, 0.05) is 42.7 Å². The summed E-state index contributed by atoms with van der Waals surface area (Å²) in [5.41, 5.74) is 7.65. The number of fused-ring (bicyclic) bond motifs is 2. The van der Waals surface area contributed by atoms with Gasteiger partial charge in [0.2, 0.25) is 5.91 Å². The summed E-state index contributed by atoms with van der Waals surface area (Å²) in [6.07, 6.45) is 3.27. The van der Waals surface area contributed by atoms with Crippen molar-refractivity contribution < 1.29 is 9.53 Å². The first kappa shape index (κ1) is 23.6. The van der Waals surface area contributed by atoms with Crippen molar-refractivity contribution in [3.63, 3.8) is 0 Å². The molecule has 1 amide bonds. The molecule has 0 unspecified atom stereocenters. The molecule has 3 aromatic heterocycles. The smallest absolute Gasteiger partial charge is 0.322 e. The molecular weight excluding hydrogens is 478 g/mol. The molecule has 1 aliphatic rings. The van der Waals surface area contributed by atoms with E-state index >= 15 is 0 Å². The van der Waals surface area contributed by atoms with Crippen LogP contribution in [-0.2, 0) is 18.4 Å². The summed E-state index contributed by atoms with van der Waals surface area (Å²) in [6, 6.07) is 16.1. The zero-order valence-electron chi connectivity index (χ0n) is 21.6. The highest BCUT2D eigenvalue weighted by atomic mass is 16.5. The number of hydrogen-bond acceptors (Lipinski definition) is 7. The van der Waals surface area contributed by atoms with Crippen LogP contribution < -0.4 is 15.4 Å². The minimum atomic E-state index is -0.0894. The van der Waals surface area contributed by atoms with Gasteiger partial charge in [-0.15, -0.1) is 0 Å². The molecule has 4 heterocycles. The maximum atomic E-state index is 12.2. The Balaban J connectivity index is 1.46. The Bertz CT molecular complexity index is 1690. The van der Waals surface area contributed by atoms with Gasteiger partial charge < -0.3 is 19.9 Å². The summed E-state index contributed by atoms with van der Waals surface area (Å²) in [6.45, 7) is 6.23. The van der Waals surface area contributed by atoms with Crippen molar-refractivity contribution in [2.45, 2.75) is 27.3 Å². The summed E-state index contributed by atoms with van der Waals surface area (Å²) in [4.78, 5) is 29.9. The molecule has 0 atom stereocenters. The molecule has 9 nitrogen and oxygen atoms in total. The van der Waals surface area contributed by atoms with E-state index in [9.17, 15) is 4.79 Å². The molecule has 0 spiro atoms. The van der Waals surface area contributed by atoms with E-state index in [-0.39, 0.29) is 11.8 Å². The van der Waals surface area contributed by atoms with Crippen LogP contribution in [-0.4, -0.2) is 30.4 Å². The van der Waals surface area contributed by atoms with Crippen LogP contribution in [0.3, 0.4) is 0 Å². The number of nitrogens with zero attached hydrogens (tertiary/aromatic N) is 5. The van der Waals surface area contributed by atoms with Gasteiger partial charge in [-0.3, -0.25) is 4.79 Å². The van der Waals surface area contributed by atoms with E-state index < -0.39 is 0 Å². The van der Waals surface area contributed by atoms with Crippen LogP contribution >= 0.6 is 0 Å². The topological polar surface area (TPSA) is 107 Å². The van der Waals surface area contributed by atoms with Gasteiger partial charge in [-0.2, -0.15) is 0 Å². The van der Waals surface area contributed by atoms with Crippen molar-refractivity contribution in [3.05, 3.63) is 72.3 Å². The number of carbonyl (C=O) groups is 1. The van der Waals surface area contributed by atoms with Crippen LogP contribution in [0.2, 0.25) is 0 Å². The molecule has 0 bridgehead atoms. The Morgan fingerprint density at radius 2 is 1.89 bits per heavy atom. The Labute approximate surface area is 220 Å². The van der Waals surface area contributed by atoms with Gasteiger partial charge in [0.05, 0.1) is 11.1 Å². The van der Waals surface area contributed by atoms with Crippen LogP contribution in [0.25, 0.3) is 33.4 Å². The fraction of sp³-hybridized carbons (Fsp3) is 0.207. The molecule has 0 aliphatic carbocycles. The number of aryl methyl sites for hydroxylation is 2. The van der Waals surface area contributed by atoms with Gasteiger partial charge in [0.1, 0.15) is 23.5 Å². The number of aromatic nitrogens is 5. The van der Waals surface area contributed by atoms with Crippen LogP contribution in [0, 0.1) is 12.8 Å². The zero-order valence-corrected chi connectivity index (χ0v) is 21.6. The number of amides is 1. The maximum absolute atomic E-state index is 12.2. The summed E-state index contributed by atoms with van der Waals surface area (Å²) >= 11 is 0. The highest BCUT2D eigenvalue weighted by molar-refractivity contribution is 6.09. The number of benzene rings is 2. The molecule has 2 N–H and O–H groups in total.